The number of carbonyl (C=O) groups is 1. The zero-order valence-electron chi connectivity index (χ0n) is 14.5. The molecular weight excluding hydrogens is 320 g/mol. The molecule has 0 aliphatic carbocycles. The highest BCUT2D eigenvalue weighted by Crippen LogP contribution is 2.23. The van der Waals surface area contributed by atoms with Crippen molar-refractivity contribution in [2.45, 2.75) is 38.1 Å². The minimum atomic E-state index is -0.407. The van der Waals surface area contributed by atoms with Crippen molar-refractivity contribution in [2.75, 3.05) is 38.0 Å². The molecule has 3 rings (SSSR count). The Morgan fingerprint density at radius 2 is 1.96 bits per heavy atom. The van der Waals surface area contributed by atoms with E-state index in [0.717, 1.165) is 32.6 Å². The molecule has 1 aromatic rings. The maximum absolute atomic E-state index is 12.5. The fourth-order valence-corrected chi connectivity index (χ4v) is 3.83. The van der Waals surface area contributed by atoms with Crippen LogP contribution in [0, 0.1) is 10.1 Å². The van der Waals surface area contributed by atoms with Gasteiger partial charge in [0.1, 0.15) is 5.69 Å². The first kappa shape index (κ1) is 17.7. The second kappa shape index (κ2) is 8.29. The van der Waals surface area contributed by atoms with Gasteiger partial charge in [-0.15, -0.1) is 0 Å². The number of hydrogen-bond acceptors (Lipinski definition) is 5. The SMILES string of the molecule is O=C(CCNc1ccccc1[N+](=O)[O-])N1CCC[C@H](N2CCCC2)C1. The molecule has 7 nitrogen and oxygen atoms in total. The van der Waals surface area contributed by atoms with Crippen LogP contribution < -0.4 is 5.32 Å². The zero-order chi connectivity index (χ0) is 17.6. The van der Waals surface area contributed by atoms with Gasteiger partial charge in [0.05, 0.1) is 4.92 Å². The van der Waals surface area contributed by atoms with Crippen LogP contribution in [-0.4, -0.2) is 59.4 Å². The van der Waals surface area contributed by atoms with Crippen LogP contribution in [0.25, 0.3) is 0 Å². The minimum absolute atomic E-state index is 0.0435. The summed E-state index contributed by atoms with van der Waals surface area (Å²) in [6.45, 7) is 4.38. The quantitative estimate of drug-likeness (QED) is 0.632. The molecule has 0 radical (unpaired) electrons. The van der Waals surface area contributed by atoms with Crippen molar-refractivity contribution in [2.24, 2.45) is 0 Å². The molecule has 0 aromatic heterocycles. The predicted octanol–water partition coefficient (Wildman–Crippen LogP) is 2.48. The summed E-state index contributed by atoms with van der Waals surface area (Å²) in [6.07, 6.45) is 5.13. The van der Waals surface area contributed by atoms with Crippen molar-refractivity contribution < 1.29 is 9.72 Å². The van der Waals surface area contributed by atoms with Crippen LogP contribution in [0.15, 0.2) is 24.3 Å². The number of nitro benzene ring substituents is 1. The van der Waals surface area contributed by atoms with E-state index < -0.39 is 4.92 Å². The first-order chi connectivity index (χ1) is 12.1. The van der Waals surface area contributed by atoms with Crippen LogP contribution in [-0.2, 0) is 4.79 Å². The number of nitrogens with zero attached hydrogens (tertiary/aromatic N) is 3. The number of nitrogens with one attached hydrogen (secondary N) is 1. The van der Waals surface area contributed by atoms with Gasteiger partial charge in [-0.1, -0.05) is 12.1 Å². The summed E-state index contributed by atoms with van der Waals surface area (Å²) < 4.78 is 0. The maximum atomic E-state index is 12.5. The third-order valence-corrected chi connectivity index (χ3v) is 5.16. The van der Waals surface area contributed by atoms with E-state index in [1.807, 2.05) is 4.90 Å². The molecular formula is C18H26N4O3. The number of benzene rings is 1. The number of anilines is 1. The fourth-order valence-electron chi connectivity index (χ4n) is 3.83. The Hall–Kier alpha value is -2.15. The molecule has 25 heavy (non-hydrogen) atoms. The standard InChI is InChI=1S/C18H26N4O3/c23-18(9-10-19-16-7-1-2-8-17(16)22(24)25)21-13-5-6-15(14-21)20-11-3-4-12-20/h1-2,7-8,15,19H,3-6,9-14H2/t15-/m0/s1. The second-order valence-electron chi connectivity index (χ2n) is 6.83. The molecule has 0 saturated carbocycles. The van der Waals surface area contributed by atoms with Crippen LogP contribution in [0.1, 0.15) is 32.1 Å². The molecule has 1 amide bonds. The van der Waals surface area contributed by atoms with Crippen molar-refractivity contribution in [3.63, 3.8) is 0 Å². The lowest BCUT2D eigenvalue weighted by molar-refractivity contribution is -0.384. The van der Waals surface area contributed by atoms with Crippen LogP contribution in [0.4, 0.5) is 11.4 Å². The summed E-state index contributed by atoms with van der Waals surface area (Å²) in [5.41, 5.74) is 0.510. The molecule has 0 unspecified atom stereocenters. The average Bonchev–Trinajstić information content (AvgIpc) is 3.17. The Morgan fingerprint density at radius 1 is 1.20 bits per heavy atom. The molecule has 2 aliphatic heterocycles. The summed E-state index contributed by atoms with van der Waals surface area (Å²) in [5.74, 6) is 0.134. The Kier molecular flexibility index (Phi) is 5.86. The van der Waals surface area contributed by atoms with E-state index in [2.05, 4.69) is 10.2 Å². The largest absolute Gasteiger partial charge is 0.379 e. The Bertz CT molecular complexity index is 616. The first-order valence-electron chi connectivity index (χ1n) is 9.14. The monoisotopic (exact) mass is 346 g/mol. The van der Waals surface area contributed by atoms with Crippen molar-refractivity contribution in [3.05, 3.63) is 34.4 Å². The van der Waals surface area contributed by atoms with Gasteiger partial charge >= 0.3 is 0 Å². The lowest BCUT2D eigenvalue weighted by Gasteiger charge is -2.37. The third kappa shape index (κ3) is 4.48. The van der Waals surface area contributed by atoms with Crippen molar-refractivity contribution in [1.29, 1.82) is 0 Å². The Morgan fingerprint density at radius 3 is 2.72 bits per heavy atom. The van der Waals surface area contributed by atoms with Crippen LogP contribution in [0.5, 0.6) is 0 Å². The zero-order valence-corrected chi connectivity index (χ0v) is 14.5. The highest BCUT2D eigenvalue weighted by atomic mass is 16.6. The maximum Gasteiger partial charge on any atom is 0.292 e. The smallest absolute Gasteiger partial charge is 0.292 e. The Labute approximate surface area is 148 Å². The number of likely N-dealkylation sites (tertiary alicyclic amines) is 2. The number of amides is 1. The average molecular weight is 346 g/mol. The molecule has 1 aromatic carbocycles. The topological polar surface area (TPSA) is 78.7 Å². The first-order valence-corrected chi connectivity index (χ1v) is 9.14. The molecule has 0 bridgehead atoms. The molecule has 1 N–H and O–H groups in total. The molecule has 136 valence electrons. The summed E-state index contributed by atoms with van der Waals surface area (Å²) in [6, 6.07) is 7.04. The number of piperidine rings is 1. The number of para-hydroxylation sites is 2. The van der Waals surface area contributed by atoms with Crippen LogP contribution in [0.2, 0.25) is 0 Å². The summed E-state index contributed by atoms with van der Waals surface area (Å²) in [5, 5.41) is 14.0. The molecule has 0 spiro atoms. The van der Waals surface area contributed by atoms with E-state index in [1.165, 1.54) is 25.3 Å². The fraction of sp³-hybridized carbons (Fsp3) is 0.611. The predicted molar refractivity (Wildman–Crippen MR) is 96.6 cm³/mol. The van der Waals surface area contributed by atoms with Gasteiger partial charge in [0.2, 0.25) is 5.91 Å². The number of nitro groups is 1. The normalized spacial score (nSPS) is 21.3. The van der Waals surface area contributed by atoms with Crippen molar-refractivity contribution in [1.82, 2.24) is 9.80 Å². The molecule has 2 saturated heterocycles. The van der Waals surface area contributed by atoms with Gasteiger partial charge in [0.15, 0.2) is 0 Å². The van der Waals surface area contributed by atoms with Gasteiger partial charge in [-0.25, -0.2) is 0 Å². The van der Waals surface area contributed by atoms with Crippen LogP contribution in [0.3, 0.4) is 0 Å². The van der Waals surface area contributed by atoms with Crippen molar-refractivity contribution in [3.8, 4) is 0 Å². The van der Waals surface area contributed by atoms with E-state index >= 15 is 0 Å². The van der Waals surface area contributed by atoms with Gasteiger partial charge in [0.25, 0.3) is 5.69 Å². The van der Waals surface area contributed by atoms with E-state index in [-0.39, 0.29) is 11.6 Å². The number of hydrogen-bond donors (Lipinski definition) is 1. The minimum Gasteiger partial charge on any atom is -0.379 e. The highest BCUT2D eigenvalue weighted by Gasteiger charge is 2.29. The highest BCUT2D eigenvalue weighted by molar-refractivity contribution is 5.77. The summed E-state index contributed by atoms with van der Waals surface area (Å²) in [4.78, 5) is 27.6. The summed E-state index contributed by atoms with van der Waals surface area (Å²) >= 11 is 0. The lowest BCUT2D eigenvalue weighted by atomic mass is 10.0. The van der Waals surface area contributed by atoms with Crippen molar-refractivity contribution >= 4 is 17.3 Å². The van der Waals surface area contributed by atoms with E-state index in [0.29, 0.717) is 24.7 Å². The van der Waals surface area contributed by atoms with Gasteiger partial charge in [0, 0.05) is 38.2 Å². The van der Waals surface area contributed by atoms with E-state index in [1.54, 1.807) is 18.2 Å². The molecule has 2 heterocycles. The molecule has 7 heteroatoms. The van der Waals surface area contributed by atoms with E-state index in [9.17, 15) is 14.9 Å². The molecule has 1 atom stereocenters. The van der Waals surface area contributed by atoms with Gasteiger partial charge in [-0.2, -0.15) is 0 Å². The third-order valence-electron chi connectivity index (χ3n) is 5.16. The number of rotatable bonds is 6. The Balaban J connectivity index is 1.48. The van der Waals surface area contributed by atoms with Gasteiger partial charge < -0.3 is 10.2 Å². The van der Waals surface area contributed by atoms with E-state index in [4.69, 9.17) is 0 Å². The van der Waals surface area contributed by atoms with Crippen LogP contribution >= 0.6 is 0 Å². The number of carbonyl (C=O) groups excluding carboxylic acids is 1. The lowest BCUT2D eigenvalue weighted by Crippen LogP contribution is -2.49. The second-order valence-corrected chi connectivity index (χ2v) is 6.83. The van der Waals surface area contributed by atoms with Gasteiger partial charge in [-0.3, -0.25) is 19.8 Å². The molecule has 2 aliphatic rings. The summed E-state index contributed by atoms with van der Waals surface area (Å²) in [7, 11) is 0. The van der Waals surface area contributed by atoms with Gasteiger partial charge in [-0.05, 0) is 44.8 Å². The molecule has 2 fully saturated rings.